The van der Waals surface area contributed by atoms with Gasteiger partial charge in [0.2, 0.25) is 0 Å². The summed E-state index contributed by atoms with van der Waals surface area (Å²) in [5.74, 6) is -5.12. The third-order valence-electron chi connectivity index (χ3n) is 4.76. The molecule has 0 aliphatic heterocycles. The van der Waals surface area contributed by atoms with Crippen molar-refractivity contribution in [1.29, 1.82) is 0 Å². The van der Waals surface area contributed by atoms with E-state index >= 15 is 0 Å². The predicted molar refractivity (Wildman–Crippen MR) is 112 cm³/mol. The summed E-state index contributed by atoms with van der Waals surface area (Å²) in [4.78, 5) is 39.0. The molecule has 4 aromatic rings. The van der Waals surface area contributed by atoms with Crippen molar-refractivity contribution in [3.8, 4) is 17.2 Å². The van der Waals surface area contributed by atoms with Gasteiger partial charge in [-0.25, -0.2) is 27.3 Å². The van der Waals surface area contributed by atoms with E-state index in [1.807, 2.05) is 0 Å². The van der Waals surface area contributed by atoms with Crippen LogP contribution in [0.3, 0.4) is 0 Å². The van der Waals surface area contributed by atoms with Gasteiger partial charge in [-0.3, -0.25) is 4.79 Å². The second-order valence-corrected chi connectivity index (χ2v) is 7.55. The van der Waals surface area contributed by atoms with Gasteiger partial charge in [0.05, 0.1) is 29.3 Å². The van der Waals surface area contributed by atoms with E-state index in [9.17, 15) is 32.7 Å². The minimum Gasteiger partial charge on any atom is -0.496 e. The zero-order chi connectivity index (χ0) is 23.9. The number of hydrogen-bond donors (Lipinski definition) is 2. The Balaban J connectivity index is 1.78. The first-order valence-corrected chi connectivity index (χ1v) is 10.0. The van der Waals surface area contributed by atoms with Crippen molar-refractivity contribution < 1.29 is 32.5 Å². The minimum atomic E-state index is -1.35. The van der Waals surface area contributed by atoms with Crippen LogP contribution >= 0.6 is 11.3 Å². The number of benzene rings is 2. The highest BCUT2D eigenvalue weighted by Crippen LogP contribution is 2.27. The summed E-state index contributed by atoms with van der Waals surface area (Å²) >= 11 is 0.769. The molecule has 0 atom stereocenters. The summed E-state index contributed by atoms with van der Waals surface area (Å²) in [6, 6.07) is 5.07. The highest BCUT2D eigenvalue weighted by atomic mass is 32.1. The maximum absolute atomic E-state index is 14.4. The molecule has 0 radical (unpaired) electrons. The number of hydrogen-bond acceptors (Lipinski definition) is 6. The molecule has 2 heterocycles. The number of nitrogens with zero attached hydrogens (tertiary/aromatic N) is 1. The van der Waals surface area contributed by atoms with Crippen molar-refractivity contribution in [2.75, 3.05) is 7.11 Å². The molecule has 2 N–H and O–H groups in total. The molecule has 33 heavy (non-hydrogen) atoms. The molecule has 0 amide bonds. The minimum absolute atomic E-state index is 0.0257. The molecule has 170 valence electrons. The Labute approximate surface area is 186 Å². The summed E-state index contributed by atoms with van der Waals surface area (Å²) in [5, 5.41) is 10.4. The van der Waals surface area contributed by atoms with Crippen LogP contribution in [0.5, 0.6) is 11.5 Å². The highest BCUT2D eigenvalue weighted by molar-refractivity contribution is 7.13. The molecule has 12 heteroatoms. The molecule has 0 fully saturated rings. The van der Waals surface area contributed by atoms with Crippen molar-refractivity contribution >= 4 is 28.2 Å². The number of aromatic nitrogens is 2. The number of carboxylic acids is 1. The van der Waals surface area contributed by atoms with Crippen molar-refractivity contribution in [1.82, 2.24) is 9.55 Å². The van der Waals surface area contributed by atoms with Crippen molar-refractivity contribution in [2.24, 2.45) is 0 Å². The number of thiophene rings is 1. The number of rotatable bonds is 6. The van der Waals surface area contributed by atoms with E-state index in [1.54, 1.807) is 0 Å². The fourth-order valence-electron chi connectivity index (χ4n) is 3.22. The van der Waals surface area contributed by atoms with Crippen molar-refractivity contribution in [3.63, 3.8) is 0 Å². The van der Waals surface area contributed by atoms with Gasteiger partial charge in [-0.2, -0.15) is 0 Å². The molecule has 8 nitrogen and oxygen atoms in total. The van der Waals surface area contributed by atoms with Crippen LogP contribution in [-0.2, 0) is 6.61 Å². The lowest BCUT2D eigenvalue weighted by atomic mass is 10.2. The molecule has 0 saturated carbocycles. The summed E-state index contributed by atoms with van der Waals surface area (Å²) in [5.41, 5.74) is -2.20. The predicted octanol–water partition coefficient (Wildman–Crippen LogP) is 3.44. The number of H-pyrrole nitrogens is 1. The Hall–Kier alpha value is -4.06. The van der Waals surface area contributed by atoms with Crippen LogP contribution in [0.1, 0.15) is 15.2 Å². The van der Waals surface area contributed by atoms with Crippen LogP contribution in [0.2, 0.25) is 0 Å². The first-order chi connectivity index (χ1) is 15.7. The molecule has 0 unspecified atom stereocenters. The maximum Gasteiger partial charge on any atom is 0.346 e. The van der Waals surface area contributed by atoms with Crippen LogP contribution in [0.25, 0.3) is 16.6 Å². The third kappa shape index (κ3) is 3.84. The quantitative estimate of drug-likeness (QED) is 0.439. The fourth-order valence-corrected chi connectivity index (χ4v) is 4.05. The molecular weight excluding hydrogens is 465 g/mol. The van der Waals surface area contributed by atoms with Crippen molar-refractivity contribution in [3.05, 3.63) is 84.4 Å². The smallest absolute Gasteiger partial charge is 0.346 e. The zero-order valence-electron chi connectivity index (χ0n) is 16.6. The van der Waals surface area contributed by atoms with E-state index < -0.39 is 47.0 Å². The number of aromatic carboxylic acids is 1. The lowest BCUT2D eigenvalue weighted by Gasteiger charge is -2.13. The number of methoxy groups -OCH3 is 1. The Morgan fingerprint density at radius 1 is 1.12 bits per heavy atom. The van der Waals surface area contributed by atoms with Crippen LogP contribution < -0.4 is 20.7 Å². The third-order valence-corrected chi connectivity index (χ3v) is 5.73. The van der Waals surface area contributed by atoms with E-state index in [4.69, 9.17) is 9.47 Å². The van der Waals surface area contributed by atoms with Gasteiger partial charge in [0.15, 0.2) is 23.2 Å². The van der Waals surface area contributed by atoms with Crippen molar-refractivity contribution in [2.45, 2.75) is 6.61 Å². The largest absolute Gasteiger partial charge is 0.496 e. The van der Waals surface area contributed by atoms with Crippen LogP contribution in [0.15, 0.2) is 45.3 Å². The van der Waals surface area contributed by atoms with Gasteiger partial charge in [0.25, 0.3) is 5.56 Å². The molecule has 0 spiro atoms. The van der Waals surface area contributed by atoms with E-state index in [1.165, 1.54) is 18.6 Å². The Bertz CT molecular complexity index is 1530. The van der Waals surface area contributed by atoms with Gasteiger partial charge < -0.3 is 19.6 Å². The fraction of sp³-hybridized carbons (Fsp3) is 0.0952. The highest BCUT2D eigenvalue weighted by Gasteiger charge is 2.20. The normalized spacial score (nSPS) is 11.0. The summed E-state index contributed by atoms with van der Waals surface area (Å²) in [7, 11) is 1.24. The molecule has 0 aliphatic rings. The lowest BCUT2D eigenvalue weighted by Crippen LogP contribution is -2.33. The summed E-state index contributed by atoms with van der Waals surface area (Å²) in [6.45, 7) is -0.620. The molecule has 2 aromatic heterocycles. The van der Waals surface area contributed by atoms with E-state index in [0.717, 1.165) is 35.6 Å². The zero-order valence-corrected chi connectivity index (χ0v) is 17.5. The van der Waals surface area contributed by atoms with E-state index in [2.05, 4.69) is 4.98 Å². The second kappa shape index (κ2) is 8.47. The second-order valence-electron chi connectivity index (χ2n) is 6.67. The van der Waals surface area contributed by atoms with Gasteiger partial charge in [0, 0.05) is 11.4 Å². The molecule has 4 rings (SSSR count). The molecule has 2 aromatic carbocycles. The number of carbonyl (C=O) groups is 1. The number of carboxylic acid groups (broad SMARTS) is 1. The monoisotopic (exact) mass is 478 g/mol. The standard InChI is InChI=1S/C21H13F3N2O6S/c1-31-14-5-4-12(23)17(24)10(14)7-32-15-6-9(2-3-11(15)22)26-19(27)16-13(25-21(26)30)8-33-18(16)20(28)29/h2-6,8H,7H2,1H3,(H,25,30)(H,28,29). The van der Waals surface area contributed by atoms with Gasteiger partial charge in [-0.1, -0.05) is 0 Å². The average Bonchev–Trinajstić information content (AvgIpc) is 3.20. The topological polar surface area (TPSA) is 111 Å². The Kier molecular flexibility index (Phi) is 5.68. The molecule has 0 saturated heterocycles. The molecule has 0 aliphatic carbocycles. The SMILES string of the molecule is COc1ccc(F)c(F)c1COc1cc(-n2c(=O)[nH]c3csc(C(=O)O)c3c2=O)ccc1F. The Morgan fingerprint density at radius 2 is 1.85 bits per heavy atom. The van der Waals surface area contributed by atoms with Gasteiger partial charge in [-0.15, -0.1) is 11.3 Å². The number of nitrogens with one attached hydrogen (secondary N) is 1. The molecule has 0 bridgehead atoms. The summed E-state index contributed by atoms with van der Waals surface area (Å²) in [6.07, 6.45) is 0. The lowest BCUT2D eigenvalue weighted by molar-refractivity contribution is 0.0704. The number of fused-ring (bicyclic) bond motifs is 1. The first-order valence-electron chi connectivity index (χ1n) is 9.16. The first kappa shape index (κ1) is 22.1. The van der Waals surface area contributed by atoms with E-state index in [0.29, 0.717) is 4.57 Å². The molecular formula is C21H13F3N2O6S. The number of aromatic amines is 1. The average molecular weight is 478 g/mol. The van der Waals surface area contributed by atoms with Gasteiger partial charge in [0.1, 0.15) is 17.2 Å². The number of halogens is 3. The van der Waals surface area contributed by atoms with Crippen LogP contribution in [0, 0.1) is 17.5 Å². The summed E-state index contributed by atoms with van der Waals surface area (Å²) < 4.78 is 53.0. The van der Waals surface area contributed by atoms with Crippen LogP contribution in [-0.4, -0.2) is 27.7 Å². The number of ether oxygens (including phenoxy) is 2. The van der Waals surface area contributed by atoms with Gasteiger partial charge in [-0.05, 0) is 24.3 Å². The van der Waals surface area contributed by atoms with Gasteiger partial charge >= 0.3 is 11.7 Å². The van der Waals surface area contributed by atoms with Crippen LogP contribution in [0.4, 0.5) is 13.2 Å². The van der Waals surface area contributed by atoms with E-state index in [-0.39, 0.29) is 32.8 Å². The maximum atomic E-state index is 14.4. The Morgan fingerprint density at radius 3 is 2.55 bits per heavy atom.